The molecule has 2 unspecified atom stereocenters. The molecule has 1 fully saturated rings. The van der Waals surface area contributed by atoms with Crippen LogP contribution >= 0.6 is 0 Å². The predicted molar refractivity (Wildman–Crippen MR) is 107 cm³/mol. The lowest BCUT2D eigenvalue weighted by molar-refractivity contribution is -0.114. The van der Waals surface area contributed by atoms with E-state index in [0.29, 0.717) is 18.8 Å². The maximum atomic E-state index is 13.1. The van der Waals surface area contributed by atoms with Crippen molar-refractivity contribution >= 4 is 27.3 Å². The lowest BCUT2D eigenvalue weighted by atomic mass is 10.1. The highest BCUT2D eigenvalue weighted by Crippen LogP contribution is 2.28. The zero-order chi connectivity index (χ0) is 19.6. The highest BCUT2D eigenvalue weighted by atomic mass is 32.2. The van der Waals surface area contributed by atoms with E-state index in [0.717, 1.165) is 5.69 Å². The van der Waals surface area contributed by atoms with Gasteiger partial charge in [0.2, 0.25) is 15.9 Å². The van der Waals surface area contributed by atoms with Gasteiger partial charge in [0.05, 0.1) is 4.90 Å². The predicted octanol–water partition coefficient (Wildman–Crippen LogP) is 2.93. The second kappa shape index (κ2) is 7.70. The maximum Gasteiger partial charge on any atom is 0.243 e. The van der Waals surface area contributed by atoms with Crippen LogP contribution in [0.25, 0.3) is 0 Å². The van der Waals surface area contributed by atoms with Gasteiger partial charge in [-0.3, -0.25) is 4.79 Å². The Kier molecular flexibility index (Phi) is 5.53. The zero-order valence-electron chi connectivity index (χ0n) is 15.8. The van der Waals surface area contributed by atoms with Crippen molar-refractivity contribution in [3.8, 4) is 0 Å². The van der Waals surface area contributed by atoms with Crippen molar-refractivity contribution in [1.82, 2.24) is 4.31 Å². The summed E-state index contributed by atoms with van der Waals surface area (Å²) < 4.78 is 27.7. The minimum Gasteiger partial charge on any atom is -0.363 e. The number of rotatable bonds is 4. The van der Waals surface area contributed by atoms with Gasteiger partial charge < -0.3 is 10.2 Å². The molecule has 2 aromatic rings. The number of nitrogens with one attached hydrogen (secondary N) is 1. The fourth-order valence-electron chi connectivity index (χ4n) is 3.64. The van der Waals surface area contributed by atoms with Gasteiger partial charge in [-0.2, -0.15) is 4.31 Å². The molecule has 0 aromatic heterocycles. The minimum atomic E-state index is -3.58. The van der Waals surface area contributed by atoms with Crippen molar-refractivity contribution in [2.24, 2.45) is 0 Å². The van der Waals surface area contributed by atoms with Crippen LogP contribution < -0.4 is 10.2 Å². The molecule has 7 heteroatoms. The number of nitrogens with zero attached hydrogens (tertiary/aromatic N) is 2. The first-order chi connectivity index (χ1) is 12.8. The standard InChI is InChI=1S/C20H25N3O3S/c1-15-13-22(14-16(2)23(15)19-7-5-4-6-8-19)27(25,26)20-11-9-18(10-12-20)21-17(3)24/h4-12,15-16H,13-14H2,1-3H3,(H,21,24). The van der Waals surface area contributed by atoms with Gasteiger partial charge in [0.25, 0.3) is 0 Å². The molecule has 0 spiro atoms. The lowest BCUT2D eigenvalue weighted by Gasteiger charge is -2.45. The Bertz CT molecular complexity index is 886. The van der Waals surface area contributed by atoms with Crippen molar-refractivity contribution in [3.63, 3.8) is 0 Å². The number of sulfonamides is 1. The molecular weight excluding hydrogens is 362 g/mol. The summed E-state index contributed by atoms with van der Waals surface area (Å²) in [6.07, 6.45) is 0. The number of carbonyl (C=O) groups is 1. The first-order valence-electron chi connectivity index (χ1n) is 9.00. The monoisotopic (exact) mass is 387 g/mol. The molecule has 1 saturated heterocycles. The van der Waals surface area contributed by atoms with Crippen LogP contribution in [0.15, 0.2) is 59.5 Å². The van der Waals surface area contributed by atoms with Crippen LogP contribution in [-0.4, -0.2) is 43.8 Å². The molecule has 1 amide bonds. The lowest BCUT2D eigenvalue weighted by Crippen LogP contribution is -2.58. The molecule has 6 nitrogen and oxygen atoms in total. The molecule has 1 heterocycles. The van der Waals surface area contributed by atoms with Gasteiger partial charge in [-0.25, -0.2) is 8.42 Å². The van der Waals surface area contributed by atoms with Gasteiger partial charge in [0, 0.05) is 43.5 Å². The van der Waals surface area contributed by atoms with Crippen LogP contribution in [0.3, 0.4) is 0 Å². The van der Waals surface area contributed by atoms with Gasteiger partial charge in [0.15, 0.2) is 0 Å². The summed E-state index contributed by atoms with van der Waals surface area (Å²) in [5.74, 6) is -0.190. The molecule has 2 aromatic carbocycles. The summed E-state index contributed by atoms with van der Waals surface area (Å²) in [5.41, 5.74) is 1.69. The third-order valence-electron chi connectivity index (χ3n) is 4.75. The van der Waals surface area contributed by atoms with E-state index in [9.17, 15) is 13.2 Å². The molecule has 1 aliphatic heterocycles. The molecule has 144 valence electrons. The van der Waals surface area contributed by atoms with Crippen molar-refractivity contribution < 1.29 is 13.2 Å². The van der Waals surface area contributed by atoms with Crippen LogP contribution in [0, 0.1) is 0 Å². The van der Waals surface area contributed by atoms with Crippen molar-refractivity contribution in [2.75, 3.05) is 23.3 Å². The Morgan fingerprint density at radius 3 is 2.04 bits per heavy atom. The first kappa shape index (κ1) is 19.4. The van der Waals surface area contributed by atoms with Gasteiger partial charge in [-0.1, -0.05) is 18.2 Å². The van der Waals surface area contributed by atoms with Crippen LogP contribution in [0.4, 0.5) is 11.4 Å². The molecule has 0 radical (unpaired) electrons. The summed E-state index contributed by atoms with van der Waals surface area (Å²) in [4.78, 5) is 13.6. The van der Waals surface area contributed by atoms with E-state index >= 15 is 0 Å². The van der Waals surface area contributed by atoms with E-state index in [1.165, 1.54) is 6.92 Å². The average molecular weight is 388 g/mol. The molecule has 0 aliphatic carbocycles. The third kappa shape index (κ3) is 4.14. The Morgan fingerprint density at radius 2 is 1.52 bits per heavy atom. The van der Waals surface area contributed by atoms with E-state index < -0.39 is 10.0 Å². The quantitative estimate of drug-likeness (QED) is 0.876. The number of amides is 1. The number of anilines is 2. The fraction of sp³-hybridized carbons (Fsp3) is 0.350. The fourth-order valence-corrected chi connectivity index (χ4v) is 5.24. The third-order valence-corrected chi connectivity index (χ3v) is 6.60. The highest BCUT2D eigenvalue weighted by Gasteiger charge is 2.36. The summed E-state index contributed by atoms with van der Waals surface area (Å²) in [5, 5.41) is 2.65. The molecule has 27 heavy (non-hydrogen) atoms. The van der Waals surface area contributed by atoms with Gasteiger partial charge in [-0.15, -0.1) is 0 Å². The van der Waals surface area contributed by atoms with Crippen LogP contribution in [-0.2, 0) is 14.8 Å². The number of hydrogen-bond donors (Lipinski definition) is 1. The molecule has 2 atom stereocenters. The number of piperazine rings is 1. The van der Waals surface area contributed by atoms with Crippen molar-refractivity contribution in [3.05, 3.63) is 54.6 Å². The number of carbonyl (C=O) groups excluding carboxylic acids is 1. The second-order valence-corrected chi connectivity index (χ2v) is 8.91. The van der Waals surface area contributed by atoms with Gasteiger partial charge >= 0.3 is 0 Å². The minimum absolute atomic E-state index is 0.0598. The van der Waals surface area contributed by atoms with Crippen LogP contribution in [0.2, 0.25) is 0 Å². The molecule has 0 bridgehead atoms. The highest BCUT2D eigenvalue weighted by molar-refractivity contribution is 7.89. The van der Waals surface area contributed by atoms with E-state index in [1.54, 1.807) is 28.6 Å². The number of para-hydroxylation sites is 1. The Hall–Kier alpha value is -2.38. The number of benzene rings is 2. The normalized spacial score (nSPS) is 21.1. The summed E-state index contributed by atoms with van der Waals surface area (Å²) in [6, 6.07) is 16.5. The first-order valence-corrected chi connectivity index (χ1v) is 10.4. The molecule has 3 rings (SSSR count). The summed E-state index contributed by atoms with van der Waals surface area (Å²) >= 11 is 0. The van der Waals surface area contributed by atoms with Crippen LogP contribution in [0.5, 0.6) is 0 Å². The average Bonchev–Trinajstić information content (AvgIpc) is 2.62. The SMILES string of the molecule is CC(=O)Nc1ccc(S(=O)(=O)N2CC(C)N(c3ccccc3)C(C)C2)cc1. The molecule has 0 saturated carbocycles. The van der Waals surface area contributed by atoms with Crippen molar-refractivity contribution in [2.45, 2.75) is 37.8 Å². The Balaban J connectivity index is 1.79. The smallest absolute Gasteiger partial charge is 0.243 e. The molecule has 1 aliphatic rings. The van der Waals surface area contributed by atoms with Gasteiger partial charge in [-0.05, 0) is 50.2 Å². The van der Waals surface area contributed by atoms with Gasteiger partial charge in [0.1, 0.15) is 0 Å². The maximum absolute atomic E-state index is 13.1. The molecule has 1 N–H and O–H groups in total. The van der Waals surface area contributed by atoms with Crippen LogP contribution in [0.1, 0.15) is 20.8 Å². The van der Waals surface area contributed by atoms with E-state index in [-0.39, 0.29) is 22.9 Å². The Labute approximate surface area is 160 Å². The second-order valence-electron chi connectivity index (χ2n) is 6.97. The Morgan fingerprint density at radius 1 is 0.963 bits per heavy atom. The molecular formula is C20H25N3O3S. The topological polar surface area (TPSA) is 69.7 Å². The summed E-state index contributed by atoms with van der Waals surface area (Å²) in [7, 11) is -3.58. The number of hydrogen-bond acceptors (Lipinski definition) is 4. The van der Waals surface area contributed by atoms with E-state index in [2.05, 4.69) is 22.3 Å². The van der Waals surface area contributed by atoms with E-state index in [1.807, 2.05) is 32.0 Å². The van der Waals surface area contributed by atoms with E-state index in [4.69, 9.17) is 0 Å². The largest absolute Gasteiger partial charge is 0.363 e. The van der Waals surface area contributed by atoms with Crippen molar-refractivity contribution in [1.29, 1.82) is 0 Å². The summed E-state index contributed by atoms with van der Waals surface area (Å²) in [6.45, 7) is 6.36. The zero-order valence-corrected chi connectivity index (χ0v) is 16.6.